The van der Waals surface area contributed by atoms with E-state index in [9.17, 15) is 9.59 Å². The van der Waals surface area contributed by atoms with Crippen LogP contribution in [0.4, 0.5) is 5.69 Å². The highest BCUT2D eigenvalue weighted by Gasteiger charge is 2.29. The highest BCUT2D eigenvalue weighted by Crippen LogP contribution is 2.30. The third kappa shape index (κ3) is 5.38. The van der Waals surface area contributed by atoms with Gasteiger partial charge < -0.3 is 10.6 Å². The van der Waals surface area contributed by atoms with Crippen molar-refractivity contribution < 1.29 is 9.59 Å². The lowest BCUT2D eigenvalue weighted by molar-refractivity contribution is -0.128. The Balaban J connectivity index is 1.79. The second-order valence-corrected chi connectivity index (χ2v) is 7.05. The van der Waals surface area contributed by atoms with Crippen molar-refractivity contribution >= 4 is 17.5 Å². The fraction of sp³-hybridized carbons (Fsp3) is 0.579. The molecule has 0 saturated heterocycles. The summed E-state index contributed by atoms with van der Waals surface area (Å²) >= 11 is 0. The number of hydrogen-bond donors (Lipinski definition) is 2. The number of amides is 2. The number of rotatable bonds is 5. The second kappa shape index (κ2) is 8.14. The molecule has 1 aliphatic rings. The monoisotopic (exact) mass is 316 g/mol. The summed E-state index contributed by atoms with van der Waals surface area (Å²) in [7, 11) is 0. The van der Waals surface area contributed by atoms with Gasteiger partial charge in [-0.2, -0.15) is 0 Å². The topological polar surface area (TPSA) is 58.2 Å². The Labute approximate surface area is 139 Å². The number of anilines is 1. The van der Waals surface area contributed by atoms with Gasteiger partial charge in [0.1, 0.15) is 0 Å². The van der Waals surface area contributed by atoms with Crippen LogP contribution in [0.25, 0.3) is 0 Å². The molecule has 0 bridgehead atoms. The summed E-state index contributed by atoms with van der Waals surface area (Å²) in [6.07, 6.45) is 3.18. The molecule has 0 radical (unpaired) electrons. The van der Waals surface area contributed by atoms with E-state index in [1.165, 1.54) is 0 Å². The molecule has 4 nitrogen and oxygen atoms in total. The minimum atomic E-state index is 0.0182. The van der Waals surface area contributed by atoms with E-state index in [0.717, 1.165) is 43.5 Å². The number of carbonyl (C=O) groups is 2. The van der Waals surface area contributed by atoms with E-state index >= 15 is 0 Å². The van der Waals surface area contributed by atoms with Gasteiger partial charge in [-0.05, 0) is 56.2 Å². The Hall–Kier alpha value is -1.84. The van der Waals surface area contributed by atoms with Gasteiger partial charge in [0.2, 0.25) is 11.8 Å². The first-order chi connectivity index (χ1) is 11.0. The maximum absolute atomic E-state index is 12.4. The molecule has 0 unspecified atom stereocenters. The summed E-state index contributed by atoms with van der Waals surface area (Å²) in [6, 6.07) is 7.84. The number of nitrogens with one attached hydrogen (secondary N) is 2. The third-order valence-electron chi connectivity index (χ3n) is 4.44. The molecule has 4 heteroatoms. The molecule has 1 aromatic carbocycles. The highest BCUT2D eigenvalue weighted by atomic mass is 16.2. The zero-order chi connectivity index (χ0) is 16.8. The third-order valence-corrected chi connectivity index (χ3v) is 4.44. The predicted molar refractivity (Wildman–Crippen MR) is 93.1 cm³/mol. The number of hydrogen-bond acceptors (Lipinski definition) is 2. The van der Waals surface area contributed by atoms with Gasteiger partial charge in [0.15, 0.2) is 0 Å². The SMILES string of the molecule is Cc1cccc(NC(=O)C2CCC(C(=O)NCC(C)C)CC2)c1. The summed E-state index contributed by atoms with van der Waals surface area (Å²) in [5.74, 6) is 0.782. The molecule has 126 valence electrons. The summed E-state index contributed by atoms with van der Waals surface area (Å²) in [4.78, 5) is 24.5. The lowest BCUT2D eigenvalue weighted by Crippen LogP contribution is -2.37. The van der Waals surface area contributed by atoms with Crippen molar-refractivity contribution in [1.82, 2.24) is 5.32 Å². The second-order valence-electron chi connectivity index (χ2n) is 7.05. The number of aryl methyl sites for hydroxylation is 1. The molecule has 2 rings (SSSR count). The van der Waals surface area contributed by atoms with Crippen LogP contribution in [0.5, 0.6) is 0 Å². The minimum Gasteiger partial charge on any atom is -0.356 e. The van der Waals surface area contributed by atoms with Gasteiger partial charge in [-0.3, -0.25) is 9.59 Å². The van der Waals surface area contributed by atoms with E-state index < -0.39 is 0 Å². The first-order valence-corrected chi connectivity index (χ1v) is 8.61. The molecular formula is C19H28N2O2. The Bertz CT molecular complexity index is 546. The van der Waals surface area contributed by atoms with Gasteiger partial charge in [-0.25, -0.2) is 0 Å². The predicted octanol–water partition coefficient (Wildman–Crippen LogP) is 3.51. The zero-order valence-electron chi connectivity index (χ0n) is 14.4. The molecule has 23 heavy (non-hydrogen) atoms. The van der Waals surface area contributed by atoms with Crippen LogP contribution >= 0.6 is 0 Å². The summed E-state index contributed by atoms with van der Waals surface area (Å²) < 4.78 is 0. The first kappa shape index (κ1) is 17.5. The lowest BCUT2D eigenvalue weighted by Gasteiger charge is -2.27. The maximum Gasteiger partial charge on any atom is 0.227 e. The summed E-state index contributed by atoms with van der Waals surface area (Å²) in [5, 5.41) is 6.00. The number of benzene rings is 1. The number of carbonyl (C=O) groups excluding carboxylic acids is 2. The molecule has 1 saturated carbocycles. The minimum absolute atomic E-state index is 0.0182. The average Bonchev–Trinajstić information content (AvgIpc) is 2.52. The molecule has 2 amide bonds. The molecule has 0 aliphatic heterocycles. The molecular weight excluding hydrogens is 288 g/mol. The molecule has 0 spiro atoms. The summed E-state index contributed by atoms with van der Waals surface area (Å²) in [5.41, 5.74) is 1.99. The lowest BCUT2D eigenvalue weighted by atomic mass is 9.81. The Morgan fingerprint density at radius 1 is 1.09 bits per heavy atom. The van der Waals surface area contributed by atoms with Crippen LogP contribution in [-0.2, 0) is 9.59 Å². The van der Waals surface area contributed by atoms with Gasteiger partial charge in [-0.15, -0.1) is 0 Å². The van der Waals surface area contributed by atoms with E-state index in [4.69, 9.17) is 0 Å². The van der Waals surface area contributed by atoms with Crippen LogP contribution in [0.2, 0.25) is 0 Å². The van der Waals surface area contributed by atoms with Crippen molar-refractivity contribution in [3.8, 4) is 0 Å². The van der Waals surface area contributed by atoms with Crippen LogP contribution in [0, 0.1) is 24.7 Å². The van der Waals surface area contributed by atoms with Gasteiger partial charge in [0.25, 0.3) is 0 Å². The van der Waals surface area contributed by atoms with Crippen LogP contribution in [0.15, 0.2) is 24.3 Å². The quantitative estimate of drug-likeness (QED) is 0.873. The van der Waals surface area contributed by atoms with Crippen molar-refractivity contribution in [3.05, 3.63) is 29.8 Å². The molecule has 1 fully saturated rings. The maximum atomic E-state index is 12.4. The van der Waals surface area contributed by atoms with E-state index in [1.54, 1.807) is 0 Å². The van der Waals surface area contributed by atoms with E-state index in [-0.39, 0.29) is 23.7 Å². The van der Waals surface area contributed by atoms with Crippen LogP contribution in [0.1, 0.15) is 45.1 Å². The molecule has 2 N–H and O–H groups in total. The van der Waals surface area contributed by atoms with Crippen LogP contribution in [-0.4, -0.2) is 18.4 Å². The standard InChI is InChI=1S/C19H28N2O2/c1-13(2)12-20-18(22)15-7-9-16(10-8-15)19(23)21-17-6-4-5-14(3)11-17/h4-6,11,13,15-16H,7-10,12H2,1-3H3,(H,20,22)(H,21,23). The smallest absolute Gasteiger partial charge is 0.227 e. The molecule has 0 aromatic heterocycles. The van der Waals surface area contributed by atoms with E-state index in [0.29, 0.717) is 5.92 Å². The normalized spacial score (nSPS) is 21.0. The van der Waals surface area contributed by atoms with Crippen LogP contribution in [0.3, 0.4) is 0 Å². The largest absolute Gasteiger partial charge is 0.356 e. The van der Waals surface area contributed by atoms with E-state index in [2.05, 4.69) is 24.5 Å². The van der Waals surface area contributed by atoms with Gasteiger partial charge in [-0.1, -0.05) is 26.0 Å². The molecule has 0 heterocycles. The van der Waals surface area contributed by atoms with Gasteiger partial charge >= 0.3 is 0 Å². The zero-order valence-corrected chi connectivity index (χ0v) is 14.4. The Morgan fingerprint density at radius 3 is 2.26 bits per heavy atom. The highest BCUT2D eigenvalue weighted by molar-refractivity contribution is 5.92. The van der Waals surface area contributed by atoms with Crippen molar-refractivity contribution in [2.45, 2.75) is 46.5 Å². The average molecular weight is 316 g/mol. The van der Waals surface area contributed by atoms with Gasteiger partial charge in [0.05, 0.1) is 0 Å². The first-order valence-electron chi connectivity index (χ1n) is 8.61. The van der Waals surface area contributed by atoms with Crippen LogP contribution < -0.4 is 10.6 Å². The fourth-order valence-electron chi connectivity index (χ4n) is 3.03. The van der Waals surface area contributed by atoms with Crippen molar-refractivity contribution in [2.75, 3.05) is 11.9 Å². The van der Waals surface area contributed by atoms with Crippen molar-refractivity contribution in [2.24, 2.45) is 17.8 Å². The molecule has 0 atom stereocenters. The fourth-order valence-corrected chi connectivity index (χ4v) is 3.03. The molecule has 1 aromatic rings. The molecule has 1 aliphatic carbocycles. The van der Waals surface area contributed by atoms with E-state index in [1.807, 2.05) is 31.2 Å². The van der Waals surface area contributed by atoms with Gasteiger partial charge in [0, 0.05) is 24.1 Å². The van der Waals surface area contributed by atoms with Crippen molar-refractivity contribution in [3.63, 3.8) is 0 Å². The van der Waals surface area contributed by atoms with Crippen molar-refractivity contribution in [1.29, 1.82) is 0 Å². The Morgan fingerprint density at radius 2 is 1.70 bits per heavy atom. The Kier molecular flexibility index (Phi) is 6.20. The summed E-state index contributed by atoms with van der Waals surface area (Å²) in [6.45, 7) is 6.92.